The predicted octanol–water partition coefficient (Wildman–Crippen LogP) is 0.382. The van der Waals surface area contributed by atoms with Crippen molar-refractivity contribution in [2.45, 2.75) is 20.3 Å². The number of rotatable bonds is 2. The van der Waals surface area contributed by atoms with Crippen molar-refractivity contribution in [3.63, 3.8) is 0 Å². The second-order valence-corrected chi connectivity index (χ2v) is 2.86. The van der Waals surface area contributed by atoms with Crippen LogP contribution in [0.4, 0.5) is 0 Å². The molecule has 0 saturated heterocycles. The van der Waals surface area contributed by atoms with E-state index in [9.17, 15) is 0 Å². The molecule has 0 radical (unpaired) electrons. The van der Waals surface area contributed by atoms with Gasteiger partial charge in [0.25, 0.3) is 0 Å². The Labute approximate surface area is 76.3 Å². The molecule has 0 aromatic carbocycles. The molecule has 1 aromatic rings. The molecule has 0 atom stereocenters. The van der Waals surface area contributed by atoms with E-state index in [1.54, 1.807) is 0 Å². The van der Waals surface area contributed by atoms with Crippen LogP contribution in [0, 0.1) is 13.8 Å². The van der Waals surface area contributed by atoms with Crippen LogP contribution in [0.5, 0.6) is 0 Å². The van der Waals surface area contributed by atoms with Crippen LogP contribution in [0.25, 0.3) is 0 Å². The van der Waals surface area contributed by atoms with E-state index in [2.05, 4.69) is 15.4 Å². The molecule has 3 N–H and O–H groups in total. The van der Waals surface area contributed by atoms with Gasteiger partial charge in [0.05, 0.1) is 11.4 Å². The molecule has 0 saturated carbocycles. The lowest BCUT2D eigenvalue weighted by molar-refractivity contribution is 0.317. The fourth-order valence-electron chi connectivity index (χ4n) is 1.01. The highest BCUT2D eigenvalue weighted by Gasteiger charge is 2.03. The maximum absolute atomic E-state index is 8.38. The summed E-state index contributed by atoms with van der Waals surface area (Å²) < 4.78 is 0. The number of nitrogens with two attached hydrogens (primary N) is 1. The predicted molar refractivity (Wildman–Crippen MR) is 48.6 cm³/mol. The van der Waals surface area contributed by atoms with Crippen molar-refractivity contribution in [1.29, 1.82) is 0 Å². The summed E-state index contributed by atoms with van der Waals surface area (Å²) in [6.45, 7) is 3.69. The van der Waals surface area contributed by atoms with Gasteiger partial charge in [0, 0.05) is 6.42 Å². The summed E-state index contributed by atoms with van der Waals surface area (Å²) in [6.07, 6.45) is 0.401. The van der Waals surface area contributed by atoms with Crippen LogP contribution in [0.3, 0.4) is 0 Å². The number of aryl methyl sites for hydroxylation is 2. The summed E-state index contributed by atoms with van der Waals surface area (Å²) >= 11 is 0. The Kier molecular flexibility index (Phi) is 2.79. The van der Waals surface area contributed by atoms with E-state index < -0.39 is 0 Å². The van der Waals surface area contributed by atoms with Crippen molar-refractivity contribution >= 4 is 5.84 Å². The molecule has 1 aromatic heterocycles. The average molecular weight is 180 g/mol. The second kappa shape index (κ2) is 3.84. The van der Waals surface area contributed by atoms with Gasteiger partial charge in [0.2, 0.25) is 0 Å². The SMILES string of the molecule is Cc1cc(C/C(N)=N/O)c(C)nn1. The highest BCUT2D eigenvalue weighted by Crippen LogP contribution is 2.05. The van der Waals surface area contributed by atoms with Crippen LogP contribution in [-0.2, 0) is 6.42 Å². The molecular weight excluding hydrogens is 168 g/mol. The smallest absolute Gasteiger partial charge is 0.143 e. The van der Waals surface area contributed by atoms with Gasteiger partial charge in [0.15, 0.2) is 0 Å². The first-order chi connectivity index (χ1) is 6.13. The first-order valence-electron chi connectivity index (χ1n) is 3.89. The quantitative estimate of drug-likeness (QED) is 0.298. The molecule has 0 unspecified atom stereocenters. The Morgan fingerprint density at radius 1 is 1.54 bits per heavy atom. The molecule has 5 heteroatoms. The Hall–Kier alpha value is -1.65. The maximum atomic E-state index is 8.38. The van der Waals surface area contributed by atoms with Gasteiger partial charge in [-0.3, -0.25) is 0 Å². The van der Waals surface area contributed by atoms with Gasteiger partial charge in [-0.15, -0.1) is 0 Å². The lowest BCUT2D eigenvalue weighted by atomic mass is 10.1. The molecular formula is C8H12N4O. The third kappa shape index (κ3) is 2.40. The molecule has 0 fully saturated rings. The number of hydrogen-bond acceptors (Lipinski definition) is 4. The van der Waals surface area contributed by atoms with E-state index in [0.717, 1.165) is 17.0 Å². The van der Waals surface area contributed by atoms with E-state index in [-0.39, 0.29) is 5.84 Å². The van der Waals surface area contributed by atoms with Crippen molar-refractivity contribution in [2.24, 2.45) is 10.9 Å². The molecule has 0 bridgehead atoms. The van der Waals surface area contributed by atoms with E-state index in [1.807, 2.05) is 19.9 Å². The Balaban J connectivity index is 2.94. The highest BCUT2D eigenvalue weighted by molar-refractivity contribution is 5.82. The number of hydrogen-bond donors (Lipinski definition) is 2. The molecule has 0 aliphatic rings. The fraction of sp³-hybridized carbons (Fsp3) is 0.375. The summed E-state index contributed by atoms with van der Waals surface area (Å²) in [6, 6.07) is 1.88. The van der Waals surface area contributed by atoms with E-state index in [4.69, 9.17) is 10.9 Å². The molecule has 0 aliphatic carbocycles. The van der Waals surface area contributed by atoms with Crippen molar-refractivity contribution in [1.82, 2.24) is 10.2 Å². The summed E-state index contributed by atoms with van der Waals surface area (Å²) in [7, 11) is 0. The zero-order valence-corrected chi connectivity index (χ0v) is 7.65. The molecule has 5 nitrogen and oxygen atoms in total. The average Bonchev–Trinajstić information content (AvgIpc) is 2.11. The molecule has 0 amide bonds. The van der Waals surface area contributed by atoms with Crippen molar-refractivity contribution < 1.29 is 5.21 Å². The lowest BCUT2D eigenvalue weighted by Crippen LogP contribution is -2.16. The Morgan fingerprint density at radius 3 is 2.85 bits per heavy atom. The fourth-order valence-corrected chi connectivity index (χ4v) is 1.01. The largest absolute Gasteiger partial charge is 0.409 e. The lowest BCUT2D eigenvalue weighted by Gasteiger charge is -2.03. The first-order valence-corrected chi connectivity index (χ1v) is 3.89. The molecule has 1 rings (SSSR count). The maximum Gasteiger partial charge on any atom is 0.143 e. The van der Waals surface area contributed by atoms with E-state index >= 15 is 0 Å². The van der Waals surface area contributed by atoms with Crippen LogP contribution in [0.15, 0.2) is 11.2 Å². The van der Waals surface area contributed by atoms with Gasteiger partial charge >= 0.3 is 0 Å². The Morgan fingerprint density at radius 2 is 2.23 bits per heavy atom. The van der Waals surface area contributed by atoms with Gasteiger partial charge in [-0.1, -0.05) is 5.16 Å². The minimum absolute atomic E-state index is 0.176. The third-order valence-electron chi connectivity index (χ3n) is 1.71. The van der Waals surface area contributed by atoms with E-state index in [0.29, 0.717) is 6.42 Å². The summed E-state index contributed by atoms with van der Waals surface area (Å²) in [5.41, 5.74) is 7.94. The monoisotopic (exact) mass is 180 g/mol. The van der Waals surface area contributed by atoms with Gasteiger partial charge in [0.1, 0.15) is 5.84 Å². The zero-order valence-electron chi connectivity index (χ0n) is 7.65. The molecule has 0 spiro atoms. The van der Waals surface area contributed by atoms with Gasteiger partial charge in [-0.25, -0.2) is 0 Å². The number of nitrogens with zero attached hydrogens (tertiary/aromatic N) is 3. The summed E-state index contributed by atoms with van der Waals surface area (Å²) in [5.74, 6) is 0.176. The molecule has 13 heavy (non-hydrogen) atoms. The number of amidine groups is 1. The minimum Gasteiger partial charge on any atom is -0.409 e. The summed E-state index contributed by atoms with van der Waals surface area (Å²) in [4.78, 5) is 0. The number of aromatic nitrogens is 2. The van der Waals surface area contributed by atoms with Crippen molar-refractivity contribution in [3.8, 4) is 0 Å². The molecule has 1 heterocycles. The first kappa shape index (κ1) is 9.44. The Bertz CT molecular complexity index is 335. The molecule has 0 aliphatic heterocycles. The van der Waals surface area contributed by atoms with Crippen molar-refractivity contribution in [3.05, 3.63) is 23.0 Å². The normalized spacial score (nSPS) is 11.7. The van der Waals surface area contributed by atoms with Crippen LogP contribution < -0.4 is 5.73 Å². The third-order valence-corrected chi connectivity index (χ3v) is 1.71. The minimum atomic E-state index is 0.176. The molecule has 70 valence electrons. The standard InChI is InChI=1S/C8H12N4O/c1-5-3-7(4-8(9)12-13)6(2)11-10-5/h3,13H,4H2,1-2H3,(H2,9,12). The van der Waals surface area contributed by atoms with E-state index in [1.165, 1.54) is 0 Å². The summed E-state index contributed by atoms with van der Waals surface area (Å²) in [5, 5.41) is 19.1. The number of oxime groups is 1. The van der Waals surface area contributed by atoms with Crippen LogP contribution in [0.2, 0.25) is 0 Å². The zero-order chi connectivity index (χ0) is 9.84. The van der Waals surface area contributed by atoms with Crippen LogP contribution >= 0.6 is 0 Å². The van der Waals surface area contributed by atoms with Crippen molar-refractivity contribution in [2.75, 3.05) is 0 Å². The highest BCUT2D eigenvalue weighted by atomic mass is 16.4. The van der Waals surface area contributed by atoms with Gasteiger partial charge in [-0.05, 0) is 25.5 Å². The van der Waals surface area contributed by atoms with Gasteiger partial charge < -0.3 is 10.9 Å². The van der Waals surface area contributed by atoms with Crippen LogP contribution in [0.1, 0.15) is 17.0 Å². The topological polar surface area (TPSA) is 84.4 Å². The van der Waals surface area contributed by atoms with Crippen LogP contribution in [-0.4, -0.2) is 21.2 Å². The van der Waals surface area contributed by atoms with Gasteiger partial charge in [-0.2, -0.15) is 10.2 Å². The second-order valence-electron chi connectivity index (χ2n) is 2.86.